The molecule has 0 saturated carbocycles. The zero-order chi connectivity index (χ0) is 11.1. The van der Waals surface area contributed by atoms with Gasteiger partial charge in [0.15, 0.2) is 0 Å². The van der Waals surface area contributed by atoms with Crippen molar-refractivity contribution in [1.29, 1.82) is 0 Å². The third kappa shape index (κ3) is 5.74. The Morgan fingerprint density at radius 2 is 2.13 bits per heavy atom. The maximum atomic E-state index is 10.4. The molecule has 0 spiro atoms. The molecule has 0 amide bonds. The summed E-state index contributed by atoms with van der Waals surface area (Å²) in [5.74, 6) is -0.727. The molecule has 1 aliphatic heterocycles. The minimum absolute atomic E-state index is 0.0843. The van der Waals surface area contributed by atoms with E-state index in [2.05, 4.69) is 10.2 Å². The molecular weight excluding hydrogens is 192 g/mol. The van der Waals surface area contributed by atoms with Crippen LogP contribution in [-0.2, 0) is 4.79 Å². The summed E-state index contributed by atoms with van der Waals surface area (Å²) in [6, 6.07) is 0.0843. The summed E-state index contributed by atoms with van der Waals surface area (Å²) < 4.78 is 0. The molecule has 0 aromatic rings. The van der Waals surface area contributed by atoms with E-state index in [-0.39, 0.29) is 12.5 Å². The van der Waals surface area contributed by atoms with Gasteiger partial charge in [0.1, 0.15) is 0 Å². The summed E-state index contributed by atoms with van der Waals surface area (Å²) in [5.41, 5.74) is 0. The van der Waals surface area contributed by atoms with Crippen molar-refractivity contribution >= 4 is 5.97 Å². The monoisotopic (exact) mass is 214 g/mol. The predicted octanol–water partition coefficient (Wildman–Crippen LogP) is 0.925. The van der Waals surface area contributed by atoms with Crippen molar-refractivity contribution in [2.24, 2.45) is 0 Å². The molecule has 88 valence electrons. The Balaban J connectivity index is 1.93. The van der Waals surface area contributed by atoms with E-state index in [1.165, 1.54) is 25.9 Å². The van der Waals surface area contributed by atoms with Crippen molar-refractivity contribution in [1.82, 2.24) is 10.2 Å². The van der Waals surface area contributed by atoms with Crippen LogP contribution >= 0.6 is 0 Å². The minimum atomic E-state index is -0.727. The second kappa shape index (κ2) is 6.80. The number of nitrogens with zero attached hydrogens (tertiary/aromatic N) is 1. The topological polar surface area (TPSA) is 52.6 Å². The van der Waals surface area contributed by atoms with Gasteiger partial charge in [-0.05, 0) is 52.4 Å². The molecular formula is C11H22N2O2. The number of hydrogen-bond acceptors (Lipinski definition) is 3. The minimum Gasteiger partial charge on any atom is -0.481 e. The predicted molar refractivity (Wildman–Crippen MR) is 60.0 cm³/mol. The molecule has 1 fully saturated rings. The van der Waals surface area contributed by atoms with Gasteiger partial charge in [-0.25, -0.2) is 0 Å². The third-order valence-electron chi connectivity index (χ3n) is 2.82. The van der Waals surface area contributed by atoms with Gasteiger partial charge in [0, 0.05) is 6.04 Å². The zero-order valence-electron chi connectivity index (χ0n) is 9.54. The maximum absolute atomic E-state index is 10.4. The molecule has 0 aromatic heterocycles. The fraction of sp³-hybridized carbons (Fsp3) is 0.909. The molecule has 0 radical (unpaired) electrons. The zero-order valence-corrected chi connectivity index (χ0v) is 9.54. The molecule has 1 aliphatic rings. The Kier molecular flexibility index (Phi) is 5.65. The average Bonchev–Trinajstić information content (AvgIpc) is 2.63. The molecule has 2 N–H and O–H groups in total. The van der Waals surface area contributed by atoms with Crippen molar-refractivity contribution in [2.45, 2.75) is 38.6 Å². The molecule has 1 heterocycles. The fourth-order valence-electron chi connectivity index (χ4n) is 1.99. The lowest BCUT2D eigenvalue weighted by Crippen LogP contribution is -2.31. The molecule has 4 nitrogen and oxygen atoms in total. The summed E-state index contributed by atoms with van der Waals surface area (Å²) in [6.45, 7) is 6.47. The fourth-order valence-corrected chi connectivity index (χ4v) is 1.99. The van der Waals surface area contributed by atoms with Crippen LogP contribution in [-0.4, -0.2) is 48.2 Å². The SMILES string of the molecule is CC(CC(=O)O)NCCCN1CCCC1. The Labute approximate surface area is 91.6 Å². The van der Waals surface area contributed by atoms with E-state index in [4.69, 9.17) is 5.11 Å². The van der Waals surface area contributed by atoms with E-state index in [0.29, 0.717) is 0 Å². The highest BCUT2D eigenvalue weighted by molar-refractivity contribution is 5.67. The van der Waals surface area contributed by atoms with Gasteiger partial charge >= 0.3 is 5.97 Å². The van der Waals surface area contributed by atoms with Gasteiger partial charge in [-0.15, -0.1) is 0 Å². The number of likely N-dealkylation sites (tertiary alicyclic amines) is 1. The molecule has 4 heteroatoms. The largest absolute Gasteiger partial charge is 0.481 e. The van der Waals surface area contributed by atoms with Crippen LogP contribution in [0.5, 0.6) is 0 Å². The van der Waals surface area contributed by atoms with Gasteiger partial charge in [0.25, 0.3) is 0 Å². The summed E-state index contributed by atoms with van der Waals surface area (Å²) >= 11 is 0. The lowest BCUT2D eigenvalue weighted by atomic mass is 10.2. The highest BCUT2D eigenvalue weighted by atomic mass is 16.4. The number of carboxylic acid groups (broad SMARTS) is 1. The summed E-state index contributed by atoms with van der Waals surface area (Å²) in [6.07, 6.45) is 4.00. The van der Waals surface area contributed by atoms with Gasteiger partial charge < -0.3 is 15.3 Å². The van der Waals surface area contributed by atoms with E-state index in [9.17, 15) is 4.79 Å². The summed E-state index contributed by atoms with van der Waals surface area (Å²) in [5, 5.41) is 11.8. The van der Waals surface area contributed by atoms with Crippen LogP contribution in [0.2, 0.25) is 0 Å². The molecule has 15 heavy (non-hydrogen) atoms. The van der Waals surface area contributed by atoms with E-state index < -0.39 is 5.97 Å². The van der Waals surface area contributed by atoms with Crippen LogP contribution in [0, 0.1) is 0 Å². The normalized spacial score (nSPS) is 19.3. The van der Waals surface area contributed by atoms with Crippen LogP contribution in [0.3, 0.4) is 0 Å². The lowest BCUT2D eigenvalue weighted by molar-refractivity contribution is -0.137. The van der Waals surface area contributed by atoms with Crippen LogP contribution in [0.25, 0.3) is 0 Å². The smallest absolute Gasteiger partial charge is 0.304 e. The van der Waals surface area contributed by atoms with Crippen molar-refractivity contribution in [3.63, 3.8) is 0 Å². The van der Waals surface area contributed by atoms with Crippen molar-refractivity contribution in [3.05, 3.63) is 0 Å². The first-order valence-corrected chi connectivity index (χ1v) is 5.86. The Hall–Kier alpha value is -0.610. The maximum Gasteiger partial charge on any atom is 0.304 e. The standard InChI is InChI=1S/C11H22N2O2/c1-10(9-11(14)15)12-5-4-8-13-6-2-3-7-13/h10,12H,2-9H2,1H3,(H,14,15). The highest BCUT2D eigenvalue weighted by Gasteiger charge is 2.11. The highest BCUT2D eigenvalue weighted by Crippen LogP contribution is 2.06. The first-order valence-electron chi connectivity index (χ1n) is 5.86. The van der Waals surface area contributed by atoms with Crippen LogP contribution in [0.1, 0.15) is 32.6 Å². The van der Waals surface area contributed by atoms with Gasteiger partial charge in [-0.1, -0.05) is 0 Å². The molecule has 0 bridgehead atoms. The molecule has 0 aliphatic carbocycles. The second-order valence-corrected chi connectivity index (χ2v) is 4.36. The Bertz CT molecular complexity index is 191. The number of rotatable bonds is 7. The number of hydrogen-bond donors (Lipinski definition) is 2. The van der Waals surface area contributed by atoms with Crippen molar-refractivity contribution < 1.29 is 9.90 Å². The van der Waals surface area contributed by atoms with Gasteiger partial charge in [-0.2, -0.15) is 0 Å². The van der Waals surface area contributed by atoms with Gasteiger partial charge in [-0.3, -0.25) is 4.79 Å². The first-order chi connectivity index (χ1) is 7.18. The second-order valence-electron chi connectivity index (χ2n) is 4.36. The number of carboxylic acids is 1. The van der Waals surface area contributed by atoms with Gasteiger partial charge in [0.2, 0.25) is 0 Å². The van der Waals surface area contributed by atoms with Crippen molar-refractivity contribution in [2.75, 3.05) is 26.2 Å². The summed E-state index contributed by atoms with van der Waals surface area (Å²) in [4.78, 5) is 12.9. The summed E-state index contributed by atoms with van der Waals surface area (Å²) in [7, 11) is 0. The quantitative estimate of drug-likeness (QED) is 0.619. The molecule has 1 saturated heterocycles. The molecule has 0 aromatic carbocycles. The van der Waals surface area contributed by atoms with Gasteiger partial charge in [0.05, 0.1) is 6.42 Å². The number of nitrogens with one attached hydrogen (secondary N) is 1. The third-order valence-corrected chi connectivity index (χ3v) is 2.82. The Morgan fingerprint density at radius 3 is 2.73 bits per heavy atom. The van der Waals surface area contributed by atoms with E-state index in [1.54, 1.807) is 0 Å². The Morgan fingerprint density at radius 1 is 1.47 bits per heavy atom. The molecule has 1 unspecified atom stereocenters. The lowest BCUT2D eigenvalue weighted by Gasteiger charge is -2.16. The van der Waals surface area contributed by atoms with E-state index >= 15 is 0 Å². The number of carbonyl (C=O) groups is 1. The van der Waals surface area contributed by atoms with Crippen LogP contribution in [0.4, 0.5) is 0 Å². The van der Waals surface area contributed by atoms with E-state index in [1.807, 2.05) is 6.92 Å². The van der Waals surface area contributed by atoms with E-state index in [0.717, 1.165) is 19.5 Å². The number of aliphatic carboxylic acids is 1. The first kappa shape index (κ1) is 12.5. The van der Waals surface area contributed by atoms with Crippen LogP contribution in [0.15, 0.2) is 0 Å². The average molecular weight is 214 g/mol. The van der Waals surface area contributed by atoms with Crippen molar-refractivity contribution in [3.8, 4) is 0 Å². The molecule has 1 atom stereocenters. The van der Waals surface area contributed by atoms with Crippen LogP contribution < -0.4 is 5.32 Å². The molecule has 1 rings (SSSR count).